The number of hydrogen-bond acceptors (Lipinski definition) is 2. The molecule has 0 aliphatic heterocycles. The summed E-state index contributed by atoms with van der Waals surface area (Å²) in [4.78, 5) is 25.8. The van der Waals surface area contributed by atoms with Gasteiger partial charge >= 0.3 is 5.97 Å². The largest absolute Gasteiger partial charge is 0.478 e. The third kappa shape index (κ3) is 1.46. The molecular formula is C11H13NO3. The molecule has 0 aromatic carbocycles. The third-order valence-corrected chi connectivity index (χ3v) is 2.84. The van der Waals surface area contributed by atoms with Crippen molar-refractivity contribution in [1.82, 2.24) is 4.98 Å². The molecule has 2 rings (SSSR count). The molecule has 1 aliphatic rings. The minimum atomic E-state index is -1.02. The molecule has 4 heteroatoms. The second kappa shape index (κ2) is 3.22. The van der Waals surface area contributed by atoms with Gasteiger partial charge in [-0.1, -0.05) is 6.92 Å². The maximum atomic E-state index is 11.8. The van der Waals surface area contributed by atoms with E-state index < -0.39 is 5.97 Å². The van der Waals surface area contributed by atoms with Crippen molar-refractivity contribution in [3.63, 3.8) is 0 Å². The predicted octanol–water partition coefficient (Wildman–Crippen LogP) is 1.79. The van der Waals surface area contributed by atoms with Crippen LogP contribution in [0.1, 0.15) is 45.4 Å². The molecule has 0 saturated carbocycles. The molecule has 0 unspecified atom stereocenters. The van der Waals surface area contributed by atoms with E-state index in [4.69, 9.17) is 5.11 Å². The molecule has 80 valence electrons. The first kappa shape index (κ1) is 9.96. The van der Waals surface area contributed by atoms with E-state index in [1.165, 1.54) is 0 Å². The number of hydrogen-bond donors (Lipinski definition) is 2. The highest BCUT2D eigenvalue weighted by molar-refractivity contribution is 6.08. The van der Waals surface area contributed by atoms with Gasteiger partial charge in [0.05, 0.1) is 11.1 Å². The van der Waals surface area contributed by atoms with Crippen LogP contribution in [0.3, 0.4) is 0 Å². The molecule has 4 nitrogen and oxygen atoms in total. The summed E-state index contributed by atoms with van der Waals surface area (Å²) in [5.74, 6) is -0.775. The van der Waals surface area contributed by atoms with Crippen LogP contribution in [0, 0.1) is 12.8 Å². The standard InChI is InChI=1S/C11H13NO3/c1-5-3-7-10(8(13)4-5)9(11(14)15)6(2)12-7/h5,12H,3-4H2,1-2H3,(H,14,15)/t5-/m0/s1. The number of Topliss-reactive ketones (excluding diaryl/α,β-unsaturated/α-hetero) is 1. The molecule has 1 aromatic rings. The zero-order valence-electron chi connectivity index (χ0n) is 8.76. The van der Waals surface area contributed by atoms with Crippen molar-refractivity contribution >= 4 is 11.8 Å². The van der Waals surface area contributed by atoms with Crippen molar-refractivity contribution in [3.05, 3.63) is 22.5 Å². The van der Waals surface area contributed by atoms with Crippen LogP contribution in [0.5, 0.6) is 0 Å². The van der Waals surface area contributed by atoms with E-state index >= 15 is 0 Å². The molecule has 0 spiro atoms. The number of fused-ring (bicyclic) bond motifs is 1. The zero-order valence-corrected chi connectivity index (χ0v) is 8.76. The third-order valence-electron chi connectivity index (χ3n) is 2.84. The van der Waals surface area contributed by atoms with Gasteiger partial charge in [-0.05, 0) is 19.3 Å². The molecule has 1 aliphatic carbocycles. The number of carbonyl (C=O) groups excluding carboxylic acids is 1. The highest BCUT2D eigenvalue weighted by Gasteiger charge is 2.30. The number of carboxylic acids is 1. The lowest BCUT2D eigenvalue weighted by Gasteiger charge is -2.17. The normalized spacial score (nSPS) is 20.1. The van der Waals surface area contributed by atoms with Crippen LogP contribution in [0.15, 0.2) is 0 Å². The van der Waals surface area contributed by atoms with Crippen LogP contribution in [0.4, 0.5) is 0 Å². The van der Waals surface area contributed by atoms with Gasteiger partial charge in [-0.2, -0.15) is 0 Å². The van der Waals surface area contributed by atoms with E-state index in [0.717, 1.165) is 12.1 Å². The molecular weight excluding hydrogens is 194 g/mol. The summed E-state index contributed by atoms with van der Waals surface area (Å²) in [6.07, 6.45) is 1.21. The van der Waals surface area contributed by atoms with Gasteiger partial charge in [-0.15, -0.1) is 0 Å². The molecule has 1 aromatic heterocycles. The zero-order chi connectivity index (χ0) is 11.2. The first-order chi connectivity index (χ1) is 7.00. The maximum absolute atomic E-state index is 11.8. The van der Waals surface area contributed by atoms with Gasteiger partial charge in [0.15, 0.2) is 5.78 Å². The van der Waals surface area contributed by atoms with Crippen molar-refractivity contribution in [2.45, 2.75) is 26.7 Å². The summed E-state index contributed by atoms with van der Waals surface area (Å²) in [6.45, 7) is 3.69. The Bertz CT molecular complexity index is 445. The molecule has 0 amide bonds. The van der Waals surface area contributed by atoms with Gasteiger partial charge in [0.25, 0.3) is 0 Å². The monoisotopic (exact) mass is 207 g/mol. The van der Waals surface area contributed by atoms with Gasteiger partial charge in [0, 0.05) is 17.8 Å². The lowest BCUT2D eigenvalue weighted by Crippen LogP contribution is -2.19. The van der Waals surface area contributed by atoms with E-state index in [-0.39, 0.29) is 11.3 Å². The molecule has 0 radical (unpaired) electrons. The predicted molar refractivity (Wildman–Crippen MR) is 54.3 cm³/mol. The average molecular weight is 207 g/mol. The number of nitrogens with one attached hydrogen (secondary N) is 1. The van der Waals surface area contributed by atoms with Crippen molar-refractivity contribution < 1.29 is 14.7 Å². The summed E-state index contributed by atoms with van der Waals surface area (Å²) >= 11 is 0. The van der Waals surface area contributed by atoms with Gasteiger partial charge < -0.3 is 10.1 Å². The Morgan fingerprint density at radius 3 is 2.73 bits per heavy atom. The molecule has 1 heterocycles. The highest BCUT2D eigenvalue weighted by atomic mass is 16.4. The van der Waals surface area contributed by atoms with Gasteiger partial charge in [0.1, 0.15) is 0 Å². The summed E-state index contributed by atoms with van der Waals surface area (Å²) in [6, 6.07) is 0. The van der Waals surface area contributed by atoms with Crippen LogP contribution in [-0.4, -0.2) is 21.8 Å². The first-order valence-corrected chi connectivity index (χ1v) is 4.98. The van der Waals surface area contributed by atoms with Gasteiger partial charge in [-0.25, -0.2) is 4.79 Å². The second-order valence-corrected chi connectivity index (χ2v) is 4.22. The lowest BCUT2D eigenvalue weighted by molar-refractivity contribution is 0.0690. The fourth-order valence-electron chi connectivity index (χ4n) is 2.26. The Kier molecular flexibility index (Phi) is 2.14. The molecule has 15 heavy (non-hydrogen) atoms. The number of carboxylic acid groups (broad SMARTS) is 1. The Labute approximate surface area is 87.3 Å². The van der Waals surface area contributed by atoms with E-state index in [9.17, 15) is 9.59 Å². The van der Waals surface area contributed by atoms with Crippen LogP contribution >= 0.6 is 0 Å². The number of aromatic amines is 1. The van der Waals surface area contributed by atoms with Crippen molar-refractivity contribution in [1.29, 1.82) is 0 Å². The van der Waals surface area contributed by atoms with E-state index in [2.05, 4.69) is 4.98 Å². The highest BCUT2D eigenvalue weighted by Crippen LogP contribution is 2.29. The summed E-state index contributed by atoms with van der Waals surface area (Å²) < 4.78 is 0. The SMILES string of the molecule is Cc1[nH]c2c(c1C(=O)O)C(=O)C[C@@H](C)C2. The van der Waals surface area contributed by atoms with Gasteiger partial charge in [-0.3, -0.25) is 4.79 Å². The van der Waals surface area contributed by atoms with Crippen LogP contribution in [-0.2, 0) is 6.42 Å². The van der Waals surface area contributed by atoms with E-state index in [1.807, 2.05) is 6.92 Å². The fourth-order valence-corrected chi connectivity index (χ4v) is 2.26. The average Bonchev–Trinajstić information content (AvgIpc) is 2.40. The van der Waals surface area contributed by atoms with Crippen LogP contribution < -0.4 is 0 Å². The number of carbonyl (C=O) groups is 2. The quantitative estimate of drug-likeness (QED) is 0.737. The second-order valence-electron chi connectivity index (χ2n) is 4.22. The van der Waals surface area contributed by atoms with Crippen molar-refractivity contribution in [2.75, 3.05) is 0 Å². The molecule has 2 N–H and O–H groups in total. The number of rotatable bonds is 1. The minimum absolute atomic E-state index is 0.0505. The minimum Gasteiger partial charge on any atom is -0.478 e. The first-order valence-electron chi connectivity index (χ1n) is 4.98. The van der Waals surface area contributed by atoms with Crippen LogP contribution in [0.25, 0.3) is 0 Å². The van der Waals surface area contributed by atoms with Gasteiger partial charge in [0.2, 0.25) is 0 Å². The van der Waals surface area contributed by atoms with Crippen molar-refractivity contribution in [3.8, 4) is 0 Å². The van der Waals surface area contributed by atoms with Crippen molar-refractivity contribution in [2.24, 2.45) is 5.92 Å². The Hall–Kier alpha value is -1.58. The lowest BCUT2D eigenvalue weighted by atomic mass is 9.86. The summed E-state index contributed by atoms with van der Waals surface area (Å²) in [5, 5.41) is 9.02. The molecule has 0 saturated heterocycles. The Balaban J connectivity index is 2.61. The number of aryl methyl sites for hydroxylation is 1. The van der Waals surface area contributed by atoms with E-state index in [0.29, 0.717) is 23.6 Å². The number of ketones is 1. The smallest absolute Gasteiger partial charge is 0.338 e. The van der Waals surface area contributed by atoms with E-state index in [1.54, 1.807) is 6.92 Å². The molecule has 0 fully saturated rings. The Morgan fingerprint density at radius 2 is 2.13 bits per heavy atom. The maximum Gasteiger partial charge on any atom is 0.338 e. The molecule has 0 bridgehead atoms. The molecule has 1 atom stereocenters. The number of H-pyrrole nitrogens is 1. The summed E-state index contributed by atoms with van der Waals surface area (Å²) in [7, 11) is 0. The fraction of sp³-hybridized carbons (Fsp3) is 0.455. The Morgan fingerprint density at radius 1 is 1.47 bits per heavy atom. The van der Waals surface area contributed by atoms with Crippen LogP contribution in [0.2, 0.25) is 0 Å². The number of aromatic carboxylic acids is 1. The summed E-state index contributed by atoms with van der Waals surface area (Å²) in [5.41, 5.74) is 1.92. The number of aromatic nitrogens is 1. The topological polar surface area (TPSA) is 70.2 Å².